The minimum atomic E-state index is 0.931. The Bertz CT molecular complexity index is 2710. The first kappa shape index (κ1) is 38.9. The van der Waals surface area contributed by atoms with Crippen LogP contribution in [0.25, 0.3) is 34.1 Å². The van der Waals surface area contributed by atoms with Crippen LogP contribution in [0.15, 0.2) is 194 Å². The molecule has 0 aliphatic carbocycles. The summed E-state index contributed by atoms with van der Waals surface area (Å²) < 4.78 is 0. The lowest BCUT2D eigenvalue weighted by atomic mass is 9.92. The topological polar surface area (TPSA) is 3.24 Å². The summed E-state index contributed by atoms with van der Waals surface area (Å²) in [6, 6.07) is 66.3. The molecule has 0 aliphatic rings. The van der Waals surface area contributed by atoms with Crippen LogP contribution in [0.5, 0.6) is 0 Å². The van der Waals surface area contributed by atoms with Gasteiger partial charge in [-0.2, -0.15) is 0 Å². The summed E-state index contributed by atoms with van der Waals surface area (Å²) in [6.45, 7) is 11.0. The van der Waals surface area contributed by atoms with Gasteiger partial charge in [0.25, 0.3) is 0 Å². The maximum atomic E-state index is 2.49. The van der Waals surface area contributed by atoms with E-state index in [0.717, 1.165) is 17.7 Å². The van der Waals surface area contributed by atoms with Gasteiger partial charge in [0.15, 0.2) is 0 Å². The predicted octanol–water partition coefficient (Wildman–Crippen LogP) is 15.8. The average Bonchev–Trinajstić information content (AvgIpc) is 3.27. The third-order valence-electron chi connectivity index (χ3n) is 11.2. The van der Waals surface area contributed by atoms with Crippen molar-refractivity contribution in [3.63, 3.8) is 0 Å². The Hall–Kier alpha value is -6.96. The standard InChI is InChI=1S/C58H51N/c1-6-46-38-43(4)28-35-57(46)59(56-36-29-45(39-44(56)5)16-15-23-52(47-17-9-7-10-18-47)48-19-11-8-12-20-48)58-37-34-51(53-21-13-14-22-54(53)58)40-55(49-30-24-41(2)25-31-49)50-32-26-42(3)27-33-50/h7-40H,6H2,1-5H3/b16-15+. The summed E-state index contributed by atoms with van der Waals surface area (Å²) in [7, 11) is 0. The van der Waals surface area contributed by atoms with Crippen molar-refractivity contribution in [1.82, 2.24) is 0 Å². The maximum absolute atomic E-state index is 2.49. The molecule has 8 rings (SSSR count). The molecule has 0 fully saturated rings. The van der Waals surface area contributed by atoms with Gasteiger partial charge in [-0.05, 0) is 125 Å². The second-order valence-corrected chi connectivity index (χ2v) is 15.5. The van der Waals surface area contributed by atoms with E-state index in [4.69, 9.17) is 0 Å². The number of allylic oxidation sites excluding steroid dienone is 2. The van der Waals surface area contributed by atoms with Gasteiger partial charge in [-0.1, -0.05) is 200 Å². The molecular weight excluding hydrogens is 711 g/mol. The van der Waals surface area contributed by atoms with Crippen LogP contribution in [0.2, 0.25) is 0 Å². The Morgan fingerprint density at radius 2 is 0.983 bits per heavy atom. The molecule has 0 spiro atoms. The van der Waals surface area contributed by atoms with Gasteiger partial charge in [-0.15, -0.1) is 0 Å². The largest absolute Gasteiger partial charge is 0.309 e. The van der Waals surface area contributed by atoms with E-state index < -0.39 is 0 Å². The molecule has 0 bridgehead atoms. The molecule has 59 heavy (non-hydrogen) atoms. The van der Waals surface area contributed by atoms with Gasteiger partial charge in [0.2, 0.25) is 0 Å². The minimum Gasteiger partial charge on any atom is -0.309 e. The lowest BCUT2D eigenvalue weighted by molar-refractivity contribution is 1.10. The highest BCUT2D eigenvalue weighted by Gasteiger charge is 2.21. The smallest absolute Gasteiger partial charge is 0.0540 e. The molecule has 0 saturated heterocycles. The SMILES string of the molecule is CCc1cc(C)ccc1N(c1ccc(/C=C/C=C(c2ccccc2)c2ccccc2)cc1C)c1ccc(C=C(c2ccc(C)cc2)c2ccc(C)cc2)c2ccccc12. The molecule has 0 saturated carbocycles. The molecule has 1 heteroatoms. The van der Waals surface area contributed by atoms with Crippen molar-refractivity contribution in [3.05, 3.63) is 255 Å². The molecule has 288 valence electrons. The van der Waals surface area contributed by atoms with E-state index >= 15 is 0 Å². The van der Waals surface area contributed by atoms with Crippen molar-refractivity contribution < 1.29 is 0 Å². The minimum absolute atomic E-state index is 0.931. The lowest BCUT2D eigenvalue weighted by Crippen LogP contribution is -2.14. The van der Waals surface area contributed by atoms with Gasteiger partial charge in [-0.25, -0.2) is 0 Å². The van der Waals surface area contributed by atoms with E-state index in [0.29, 0.717) is 0 Å². The molecule has 0 N–H and O–H groups in total. The number of anilines is 3. The van der Waals surface area contributed by atoms with E-state index in [1.165, 1.54) is 88.9 Å². The van der Waals surface area contributed by atoms with E-state index in [9.17, 15) is 0 Å². The number of benzene rings is 8. The van der Waals surface area contributed by atoms with Crippen molar-refractivity contribution in [1.29, 1.82) is 0 Å². The fourth-order valence-electron chi connectivity index (χ4n) is 8.07. The molecular formula is C58H51N. The maximum Gasteiger partial charge on any atom is 0.0540 e. The first-order chi connectivity index (χ1) is 28.9. The number of fused-ring (bicyclic) bond motifs is 1. The van der Waals surface area contributed by atoms with Crippen molar-refractivity contribution in [2.45, 2.75) is 41.0 Å². The third-order valence-corrected chi connectivity index (χ3v) is 11.2. The molecule has 1 nitrogen and oxygen atoms in total. The number of hydrogen-bond acceptors (Lipinski definition) is 1. The van der Waals surface area contributed by atoms with Crippen molar-refractivity contribution >= 4 is 51.1 Å². The normalized spacial score (nSPS) is 11.1. The Balaban J connectivity index is 1.24. The summed E-state index contributed by atoms with van der Waals surface area (Å²) in [5.41, 5.74) is 19.4. The van der Waals surface area contributed by atoms with E-state index in [1.807, 2.05) is 0 Å². The second kappa shape index (κ2) is 17.7. The monoisotopic (exact) mass is 761 g/mol. The lowest BCUT2D eigenvalue weighted by Gasteiger charge is -2.31. The van der Waals surface area contributed by atoms with Crippen LogP contribution in [-0.2, 0) is 6.42 Å². The van der Waals surface area contributed by atoms with Crippen LogP contribution < -0.4 is 4.90 Å². The molecule has 0 heterocycles. The van der Waals surface area contributed by atoms with Gasteiger partial charge in [0.05, 0.1) is 5.69 Å². The first-order valence-corrected chi connectivity index (χ1v) is 20.7. The summed E-state index contributed by atoms with van der Waals surface area (Å²) >= 11 is 0. The Morgan fingerprint density at radius 1 is 0.458 bits per heavy atom. The van der Waals surface area contributed by atoms with Gasteiger partial charge in [0.1, 0.15) is 0 Å². The van der Waals surface area contributed by atoms with Crippen LogP contribution in [0.4, 0.5) is 17.1 Å². The fraction of sp³-hybridized carbons (Fsp3) is 0.103. The molecule has 0 atom stereocenters. The number of hydrogen-bond donors (Lipinski definition) is 0. The molecule has 0 radical (unpaired) electrons. The molecule has 0 aromatic heterocycles. The summed E-state index contributed by atoms with van der Waals surface area (Å²) in [6.07, 6.45) is 9.92. The molecule has 8 aromatic rings. The fourth-order valence-corrected chi connectivity index (χ4v) is 8.07. The van der Waals surface area contributed by atoms with Gasteiger partial charge < -0.3 is 4.90 Å². The van der Waals surface area contributed by atoms with Crippen molar-refractivity contribution in [2.24, 2.45) is 0 Å². The van der Waals surface area contributed by atoms with Gasteiger partial charge in [-0.3, -0.25) is 0 Å². The van der Waals surface area contributed by atoms with Crippen LogP contribution >= 0.6 is 0 Å². The second-order valence-electron chi connectivity index (χ2n) is 15.5. The molecule has 0 unspecified atom stereocenters. The quantitative estimate of drug-likeness (QED) is 0.0937. The zero-order valence-corrected chi connectivity index (χ0v) is 34.8. The van der Waals surface area contributed by atoms with E-state index in [-0.39, 0.29) is 0 Å². The number of rotatable bonds is 11. The van der Waals surface area contributed by atoms with Crippen LogP contribution in [-0.4, -0.2) is 0 Å². The highest BCUT2D eigenvalue weighted by atomic mass is 15.1. The Labute approximate surface area is 351 Å². The van der Waals surface area contributed by atoms with Crippen LogP contribution in [0, 0.1) is 27.7 Å². The zero-order chi connectivity index (χ0) is 40.7. The highest BCUT2D eigenvalue weighted by molar-refractivity contribution is 6.06. The third kappa shape index (κ3) is 8.66. The summed E-state index contributed by atoms with van der Waals surface area (Å²) in [5, 5.41) is 2.42. The number of nitrogens with zero attached hydrogens (tertiary/aromatic N) is 1. The van der Waals surface area contributed by atoms with Crippen molar-refractivity contribution in [3.8, 4) is 0 Å². The van der Waals surface area contributed by atoms with Gasteiger partial charge in [0, 0.05) is 16.8 Å². The Morgan fingerprint density at radius 3 is 1.58 bits per heavy atom. The number of aryl methyl sites for hydroxylation is 5. The zero-order valence-electron chi connectivity index (χ0n) is 34.8. The molecule has 8 aromatic carbocycles. The van der Waals surface area contributed by atoms with Crippen LogP contribution in [0.3, 0.4) is 0 Å². The molecule has 0 aliphatic heterocycles. The van der Waals surface area contributed by atoms with E-state index in [2.05, 4.69) is 246 Å². The van der Waals surface area contributed by atoms with Crippen LogP contribution in [0.1, 0.15) is 68.1 Å². The van der Waals surface area contributed by atoms with Gasteiger partial charge >= 0.3 is 0 Å². The molecule has 0 amide bonds. The highest BCUT2D eigenvalue weighted by Crippen LogP contribution is 2.44. The van der Waals surface area contributed by atoms with Crippen molar-refractivity contribution in [2.75, 3.05) is 4.90 Å². The average molecular weight is 762 g/mol. The summed E-state index contributed by atoms with van der Waals surface area (Å²) in [4.78, 5) is 2.49. The predicted molar refractivity (Wildman–Crippen MR) is 256 cm³/mol. The van der Waals surface area contributed by atoms with E-state index in [1.54, 1.807) is 0 Å². The summed E-state index contributed by atoms with van der Waals surface area (Å²) in [5.74, 6) is 0. The first-order valence-electron chi connectivity index (χ1n) is 20.7. The Kier molecular flexibility index (Phi) is 11.6.